The molecule has 4 saturated heterocycles. The van der Waals surface area contributed by atoms with Crippen molar-refractivity contribution in [3.05, 3.63) is 93.0 Å². The third kappa shape index (κ3) is 26.7. The number of hydrogen-bond donors (Lipinski definition) is 4. The first-order valence-electron chi connectivity index (χ1n) is 40.5. The lowest BCUT2D eigenvalue weighted by Crippen LogP contribution is -2.63. The number of epoxide rings is 2. The molecule has 668 valence electrons. The van der Waals surface area contributed by atoms with E-state index in [0.717, 1.165) is 40.9 Å². The average Bonchev–Trinajstić information content (AvgIpc) is 1.58. The van der Waals surface area contributed by atoms with E-state index in [1.165, 1.54) is 48.0 Å². The van der Waals surface area contributed by atoms with Crippen molar-refractivity contribution < 1.29 is 106 Å². The number of ketones is 2. The van der Waals surface area contributed by atoms with Crippen LogP contribution in [-0.4, -0.2) is 241 Å². The molecule has 34 heteroatoms. The molecule has 6 amide bonds. The molecule has 6 aliphatic rings. The lowest BCUT2D eigenvalue weighted by atomic mass is 9.83. The summed E-state index contributed by atoms with van der Waals surface area (Å²) in [6.07, 6.45) is 5.90. The Hall–Kier alpha value is -6.56. The summed E-state index contributed by atoms with van der Waals surface area (Å²) in [5.41, 5.74) is -1.93. The maximum absolute atomic E-state index is 14.3. The Labute approximate surface area is 732 Å². The van der Waals surface area contributed by atoms with Crippen LogP contribution in [0, 0.1) is 11.8 Å². The Morgan fingerprint density at radius 1 is 0.625 bits per heavy atom. The van der Waals surface area contributed by atoms with Crippen molar-refractivity contribution in [3.63, 3.8) is 0 Å². The summed E-state index contributed by atoms with van der Waals surface area (Å²) < 4.78 is 58.6. The van der Waals surface area contributed by atoms with E-state index in [9.17, 15) is 58.2 Å². The van der Waals surface area contributed by atoms with E-state index >= 15 is 0 Å². The molecule has 2 aromatic rings. The van der Waals surface area contributed by atoms with Crippen LogP contribution < -0.4 is 29.9 Å². The molecule has 8 rings (SSSR count). The van der Waals surface area contributed by atoms with Gasteiger partial charge >= 0.3 is 24.1 Å². The van der Waals surface area contributed by atoms with Crippen LogP contribution in [-0.2, 0) is 89.1 Å². The summed E-state index contributed by atoms with van der Waals surface area (Å²) in [5.74, 6) is -2.02. The minimum absolute atomic E-state index is 0.0592. The number of ether oxygens (including phenoxy) is 10. The van der Waals surface area contributed by atoms with Gasteiger partial charge in [0.2, 0.25) is 23.6 Å². The number of likely N-dealkylation sites (N-methyl/N-ethyl adjacent to an activating group) is 2. The zero-order valence-electron chi connectivity index (χ0n) is 73.2. The molecule has 0 spiro atoms. The van der Waals surface area contributed by atoms with Gasteiger partial charge in [0.05, 0.1) is 50.6 Å². The molecule has 0 aromatic heterocycles. The van der Waals surface area contributed by atoms with Crippen molar-refractivity contribution in [2.45, 2.75) is 286 Å². The van der Waals surface area contributed by atoms with Crippen molar-refractivity contribution in [1.29, 1.82) is 0 Å². The fourth-order valence-electron chi connectivity index (χ4n) is 14.8. The Morgan fingerprint density at radius 3 is 1.40 bits per heavy atom. The van der Waals surface area contributed by atoms with Gasteiger partial charge in [0.1, 0.15) is 93.0 Å². The number of amides is 6. The predicted molar refractivity (Wildman–Crippen MR) is 468 cm³/mol. The number of Topliss-reactive ketones (excluding diaryl/α,β-unsaturated/α-hetero) is 2. The van der Waals surface area contributed by atoms with Crippen LogP contribution in [0.3, 0.4) is 0 Å². The van der Waals surface area contributed by atoms with Crippen molar-refractivity contribution in [3.8, 4) is 11.5 Å². The maximum Gasteiger partial charge on any atom is 0.409 e. The van der Waals surface area contributed by atoms with Gasteiger partial charge in [-0.1, -0.05) is 142 Å². The summed E-state index contributed by atoms with van der Waals surface area (Å²) in [4.78, 5) is 137. The summed E-state index contributed by atoms with van der Waals surface area (Å²) in [6.45, 7) is 25.4. The standard InChI is InChI=1S/2C43H62ClN3O11S2/c1-25-14-12-16-33(55-11)43(53)24-32(56-40(52)45-43)27(3)38-42(7,58-38)34(23-36(50)47(9)30-21-29(20-25)22-31(54-10)37(30)44)57-39(51)28(4)46(8)35(49)17-18-41(5,6)60-59-19-13-15-26(2)48;1-24-13-12-14-34(55-11)43(53)23-33(56-41(52)45-43)28(5)39-42(7,58-39)35(22-37(50)47(9)31-20-30(19-24)21-32(54-10)38(31)44)57-40(51)29(6)46(8)36(49)18-17-27(4)60-59-26(3)16-15-25(2)48/h12,14,16,21-22,27-28,32-34,38,53H,13,15,17-20,23-24H2,1-11H3,(H,45,52);12-14,20-21,26-29,33-35,39,53H,15-19,22-23H2,1-11H3,(H,45,52)/b16-12+,25-14+;14-12+,24-13+/t27-,28+,32+,33-,34+,38+,42-,43+;26?,27?,28-,29+,33+,34-,35+,39+,42-,43+/m11/s1. The highest BCUT2D eigenvalue weighted by atomic mass is 35.5. The van der Waals surface area contributed by atoms with E-state index in [1.807, 2.05) is 32.9 Å². The monoisotopic (exact) mass is 1790 g/mol. The van der Waals surface area contributed by atoms with E-state index in [0.29, 0.717) is 66.6 Å². The Bertz CT molecular complexity index is 4150. The second-order valence-electron chi connectivity index (χ2n) is 33.4. The third-order valence-corrected chi connectivity index (χ3v) is 30.8. The molecule has 120 heavy (non-hydrogen) atoms. The van der Waals surface area contributed by atoms with E-state index in [-0.39, 0.29) is 81.9 Å². The second-order valence-corrected chi connectivity index (χ2v) is 40.4. The summed E-state index contributed by atoms with van der Waals surface area (Å²) in [5, 5.41) is 29.5. The molecule has 8 bridgehead atoms. The number of benzene rings is 2. The summed E-state index contributed by atoms with van der Waals surface area (Å²) in [6, 6.07) is 5.16. The highest BCUT2D eigenvalue weighted by Crippen LogP contribution is 2.52. The number of carbonyl (C=O) groups excluding carboxylic acids is 10. The first kappa shape index (κ1) is 101. The van der Waals surface area contributed by atoms with Crippen LogP contribution in [0.1, 0.15) is 185 Å². The third-order valence-electron chi connectivity index (χ3n) is 23.1. The largest absolute Gasteiger partial charge is 0.495 e. The number of aliphatic hydroxyl groups is 2. The second kappa shape index (κ2) is 43.9. The Morgan fingerprint density at radius 2 is 1.02 bits per heavy atom. The molecule has 6 aliphatic heterocycles. The number of methoxy groups -OCH3 is 4. The number of esters is 2. The average molecular weight is 1790 g/mol. The number of hydrogen-bond acceptors (Lipinski definition) is 26. The minimum Gasteiger partial charge on any atom is -0.495 e. The van der Waals surface area contributed by atoms with E-state index in [4.69, 9.17) is 70.6 Å². The number of anilines is 2. The smallest absolute Gasteiger partial charge is 0.409 e. The quantitative estimate of drug-likeness (QED) is 0.0202. The molecule has 0 radical (unpaired) electrons. The molecule has 18 atom stereocenters. The molecule has 28 nitrogen and oxygen atoms in total. The van der Waals surface area contributed by atoms with Crippen LogP contribution >= 0.6 is 66.4 Å². The van der Waals surface area contributed by atoms with Crippen LogP contribution in [0.15, 0.2) is 71.9 Å². The van der Waals surface area contributed by atoms with Crippen molar-refractivity contribution in [1.82, 2.24) is 20.4 Å². The van der Waals surface area contributed by atoms with Crippen molar-refractivity contribution in [2.24, 2.45) is 11.8 Å². The SMILES string of the molecule is COc1cc2cc(c1Cl)N(C)C(=O)C[C@H](OC(=O)[C@H](C)N(C)C(=O)CCC(C)(C)SSCCCC(C)=O)[C@@]1(C)O[C@H]1[C@H](C)[C@@H]1C[C@@](O)(NC(=O)O1)[C@H](OC)/C=C/C=C(\C)C2.COc1cc2cc(c1Cl)N(C)C(=O)C[C@H](OC(=O)[C@H](C)N(C)C(=O)CCC(C)SSC(C)CCC(C)=O)[C@@]1(C)O[C@H]1[C@H](C)[C@@H]1C[C@@](O)(NC(=O)O1)[C@H](OC)/C=C/C=C(\C)C2. The topological polar surface area (TPSA) is 347 Å². The fraction of sp³-hybridized carbons (Fsp3) is 0.651. The van der Waals surface area contributed by atoms with E-state index in [2.05, 4.69) is 31.4 Å². The first-order valence-corrected chi connectivity index (χ1v) is 45.9. The molecular weight excluding hydrogens is 1670 g/mol. The van der Waals surface area contributed by atoms with Crippen molar-refractivity contribution >= 4 is 137 Å². The maximum atomic E-state index is 14.3. The molecular formula is C86H124Cl2N6O22S4. The van der Waals surface area contributed by atoms with Gasteiger partial charge in [-0.05, 0) is 143 Å². The molecule has 0 saturated carbocycles. The van der Waals surface area contributed by atoms with E-state index < -0.39 is 131 Å². The number of rotatable bonds is 28. The molecule has 6 heterocycles. The normalized spacial score (nSPS) is 29.6. The van der Waals surface area contributed by atoms with Crippen LogP contribution in [0.2, 0.25) is 10.0 Å². The number of allylic oxidation sites excluding steroid dienone is 6. The molecule has 0 aliphatic carbocycles. The lowest BCUT2D eigenvalue weighted by molar-refractivity contribution is -0.162. The summed E-state index contributed by atoms with van der Waals surface area (Å²) in [7, 11) is 18.8. The van der Waals surface area contributed by atoms with Gasteiger partial charge in [-0.15, -0.1) is 0 Å². The van der Waals surface area contributed by atoms with Crippen LogP contribution in [0.25, 0.3) is 0 Å². The zero-order chi connectivity index (χ0) is 89.4. The number of nitrogens with one attached hydrogen (secondary N) is 2. The van der Waals surface area contributed by atoms with Crippen LogP contribution in [0.4, 0.5) is 21.0 Å². The number of fused-ring (bicyclic) bond motifs is 10. The minimum atomic E-state index is -1.84. The Kier molecular flexibility index (Phi) is 36.7. The van der Waals surface area contributed by atoms with Gasteiger partial charge in [-0.25, -0.2) is 19.2 Å². The predicted octanol–water partition coefficient (Wildman–Crippen LogP) is 13.6. The number of alkyl carbamates (subject to hydrolysis) is 2. The fourth-order valence-corrected chi connectivity index (χ4v) is 20.6. The van der Waals surface area contributed by atoms with E-state index in [1.54, 1.807) is 175 Å². The van der Waals surface area contributed by atoms with Gasteiger partial charge in [0.15, 0.2) is 11.4 Å². The van der Waals surface area contributed by atoms with Gasteiger partial charge < -0.3 is 86.8 Å². The van der Waals surface area contributed by atoms with Crippen molar-refractivity contribution in [2.75, 3.05) is 72.2 Å². The number of nitrogens with zero attached hydrogens (tertiary/aromatic N) is 4. The van der Waals surface area contributed by atoms with Gasteiger partial charge in [-0.3, -0.25) is 29.8 Å². The molecule has 4 N–H and O–H groups in total. The first-order chi connectivity index (χ1) is 56.2. The number of carbonyl (C=O) groups is 10. The molecule has 2 unspecified atom stereocenters. The highest BCUT2D eigenvalue weighted by Gasteiger charge is 2.66. The lowest BCUT2D eigenvalue weighted by Gasteiger charge is -2.42. The zero-order valence-corrected chi connectivity index (χ0v) is 78.0. The van der Waals surface area contributed by atoms with Gasteiger partial charge in [-0.2, -0.15) is 0 Å². The highest BCUT2D eigenvalue weighted by molar-refractivity contribution is 8.77. The molecule has 4 fully saturated rings. The number of halogens is 2. The van der Waals surface area contributed by atoms with Gasteiger partial charge in [0, 0.05) is 114 Å². The van der Waals surface area contributed by atoms with Gasteiger partial charge in [0.25, 0.3) is 0 Å². The molecule has 2 aromatic carbocycles. The summed E-state index contributed by atoms with van der Waals surface area (Å²) >= 11 is 13.6. The van der Waals surface area contributed by atoms with Crippen LogP contribution in [0.5, 0.6) is 11.5 Å². The Balaban J connectivity index is 0.000000331.